The molecule has 6 N–H and O–H groups in total. The van der Waals surface area contributed by atoms with Crippen molar-refractivity contribution in [3.8, 4) is 11.5 Å². The molecule has 10 nitrogen and oxygen atoms in total. The van der Waals surface area contributed by atoms with Gasteiger partial charge in [-0.3, -0.25) is 19.6 Å². The first-order valence-corrected chi connectivity index (χ1v) is 11.2. The lowest BCUT2D eigenvalue weighted by Gasteiger charge is -2.18. The molecule has 0 aliphatic heterocycles. The van der Waals surface area contributed by atoms with Crippen LogP contribution in [0.3, 0.4) is 0 Å². The van der Waals surface area contributed by atoms with Crippen molar-refractivity contribution in [2.45, 2.75) is 12.5 Å². The Bertz CT molecular complexity index is 1270. The van der Waals surface area contributed by atoms with Gasteiger partial charge in [-0.15, -0.1) is 0 Å². The minimum Gasteiger partial charge on any atom is -0.497 e. The van der Waals surface area contributed by atoms with Gasteiger partial charge < -0.3 is 25.8 Å². The first-order chi connectivity index (χ1) is 17.8. The van der Waals surface area contributed by atoms with E-state index in [2.05, 4.69) is 10.6 Å². The van der Waals surface area contributed by atoms with Crippen molar-refractivity contribution in [1.29, 1.82) is 0 Å². The number of methoxy groups -OCH3 is 2. The lowest BCUT2D eigenvalue weighted by atomic mass is 10.0. The highest BCUT2D eigenvalue weighted by Crippen LogP contribution is 2.25. The first kappa shape index (κ1) is 26.8. The number of nitrogen functional groups attached to an aromatic ring is 1. The third-order valence-electron chi connectivity index (χ3n) is 5.42. The maximum atomic E-state index is 13.1. The third-order valence-corrected chi connectivity index (χ3v) is 5.42. The van der Waals surface area contributed by atoms with Gasteiger partial charge in [-0.2, -0.15) is 0 Å². The largest absolute Gasteiger partial charge is 0.497 e. The molecule has 192 valence electrons. The maximum Gasteiger partial charge on any atom is 0.274 e. The van der Waals surface area contributed by atoms with Gasteiger partial charge in [0.05, 0.1) is 14.2 Å². The van der Waals surface area contributed by atoms with E-state index in [4.69, 9.17) is 20.4 Å². The predicted molar refractivity (Wildman–Crippen MR) is 139 cm³/mol. The van der Waals surface area contributed by atoms with E-state index in [0.717, 1.165) is 5.56 Å². The number of carbonyl (C=O) groups excluding carboxylic acids is 3. The number of ether oxygens (including phenoxy) is 2. The van der Waals surface area contributed by atoms with Gasteiger partial charge in [-0.25, -0.2) is 5.48 Å². The van der Waals surface area contributed by atoms with Crippen LogP contribution in [0.1, 0.15) is 21.5 Å². The summed E-state index contributed by atoms with van der Waals surface area (Å²) in [5.74, 6) is -0.471. The SMILES string of the molecule is COc1ccc(OC)c(/C=C/C(=O)NC(Cc2ccc(N)cc2)C(=O)Nc2ccc(C(=O)NO)cc2)c1. The summed E-state index contributed by atoms with van der Waals surface area (Å²) in [6.07, 6.45) is 3.09. The Morgan fingerprint density at radius 2 is 1.68 bits per heavy atom. The Balaban J connectivity index is 1.77. The minimum absolute atomic E-state index is 0.208. The zero-order valence-corrected chi connectivity index (χ0v) is 20.4. The van der Waals surface area contributed by atoms with Crippen molar-refractivity contribution in [3.05, 3.63) is 89.5 Å². The smallest absolute Gasteiger partial charge is 0.274 e. The van der Waals surface area contributed by atoms with Crippen molar-refractivity contribution < 1.29 is 29.1 Å². The fourth-order valence-electron chi connectivity index (χ4n) is 3.45. The van der Waals surface area contributed by atoms with Gasteiger partial charge >= 0.3 is 0 Å². The molecule has 3 aromatic rings. The molecule has 3 aromatic carbocycles. The summed E-state index contributed by atoms with van der Waals surface area (Å²) in [6, 6.07) is 17.2. The summed E-state index contributed by atoms with van der Waals surface area (Å²) in [4.78, 5) is 37.4. The van der Waals surface area contributed by atoms with E-state index in [1.165, 1.54) is 44.6 Å². The summed E-state index contributed by atoms with van der Waals surface area (Å²) in [7, 11) is 3.06. The number of carbonyl (C=O) groups is 3. The second-order valence-electron chi connectivity index (χ2n) is 7.96. The van der Waals surface area contributed by atoms with Gasteiger partial charge in [-0.1, -0.05) is 12.1 Å². The molecule has 0 fully saturated rings. The second-order valence-corrected chi connectivity index (χ2v) is 7.96. The van der Waals surface area contributed by atoms with E-state index in [-0.39, 0.29) is 12.0 Å². The lowest BCUT2D eigenvalue weighted by Crippen LogP contribution is -2.44. The molecule has 0 aliphatic rings. The second kappa shape index (κ2) is 12.8. The number of hydrogen-bond acceptors (Lipinski definition) is 7. The van der Waals surface area contributed by atoms with Crippen LogP contribution < -0.4 is 31.3 Å². The van der Waals surface area contributed by atoms with E-state index in [1.807, 2.05) is 0 Å². The van der Waals surface area contributed by atoms with E-state index >= 15 is 0 Å². The van der Waals surface area contributed by atoms with E-state index in [1.54, 1.807) is 54.0 Å². The van der Waals surface area contributed by atoms with Crippen molar-refractivity contribution in [2.24, 2.45) is 0 Å². The van der Waals surface area contributed by atoms with Crippen LogP contribution in [0.15, 0.2) is 72.8 Å². The Morgan fingerprint density at radius 1 is 0.973 bits per heavy atom. The van der Waals surface area contributed by atoms with Crippen LogP contribution in [0.5, 0.6) is 11.5 Å². The van der Waals surface area contributed by atoms with E-state index < -0.39 is 23.8 Å². The monoisotopic (exact) mass is 504 g/mol. The van der Waals surface area contributed by atoms with Crippen molar-refractivity contribution in [1.82, 2.24) is 10.8 Å². The lowest BCUT2D eigenvalue weighted by molar-refractivity contribution is -0.123. The average molecular weight is 505 g/mol. The topological polar surface area (TPSA) is 152 Å². The van der Waals surface area contributed by atoms with Gasteiger partial charge in [0.1, 0.15) is 17.5 Å². The molecular formula is C27H28N4O6. The van der Waals surface area contributed by atoms with Crippen LogP contribution in [0.2, 0.25) is 0 Å². The zero-order chi connectivity index (χ0) is 26.8. The number of nitrogens with one attached hydrogen (secondary N) is 3. The van der Waals surface area contributed by atoms with Crippen LogP contribution in [-0.2, 0) is 16.0 Å². The van der Waals surface area contributed by atoms with Crippen LogP contribution >= 0.6 is 0 Å². The number of rotatable bonds is 10. The number of anilines is 2. The normalized spacial score (nSPS) is 11.4. The van der Waals surface area contributed by atoms with Gasteiger partial charge in [0.25, 0.3) is 5.91 Å². The molecule has 10 heteroatoms. The number of amides is 3. The molecule has 0 heterocycles. The number of benzene rings is 3. The molecule has 3 rings (SSSR count). The minimum atomic E-state index is -0.923. The molecule has 3 amide bonds. The Labute approximate surface area is 214 Å². The van der Waals surface area contributed by atoms with Crippen molar-refractivity contribution in [3.63, 3.8) is 0 Å². The highest BCUT2D eigenvalue weighted by atomic mass is 16.5. The summed E-state index contributed by atoms with van der Waals surface area (Å²) in [5.41, 5.74) is 9.93. The zero-order valence-electron chi connectivity index (χ0n) is 20.4. The predicted octanol–water partition coefficient (Wildman–Crippen LogP) is 2.78. The number of hydroxylamine groups is 1. The summed E-state index contributed by atoms with van der Waals surface area (Å²) in [6.45, 7) is 0. The summed E-state index contributed by atoms with van der Waals surface area (Å²) >= 11 is 0. The Hall–Kier alpha value is -4.83. The Morgan fingerprint density at radius 3 is 2.30 bits per heavy atom. The fraction of sp³-hybridized carbons (Fsp3) is 0.148. The van der Waals surface area contributed by atoms with Crippen molar-refractivity contribution >= 4 is 35.2 Å². The molecule has 37 heavy (non-hydrogen) atoms. The Kier molecular flexibility index (Phi) is 9.23. The van der Waals surface area contributed by atoms with Gasteiger partial charge in [0, 0.05) is 35.0 Å². The highest BCUT2D eigenvalue weighted by molar-refractivity contribution is 6.01. The fourth-order valence-corrected chi connectivity index (χ4v) is 3.45. The molecule has 0 saturated carbocycles. The summed E-state index contributed by atoms with van der Waals surface area (Å²) in [5, 5.41) is 14.2. The van der Waals surface area contributed by atoms with Gasteiger partial charge in [-0.05, 0) is 66.2 Å². The molecule has 1 atom stereocenters. The van der Waals surface area contributed by atoms with Crippen LogP contribution in [0.25, 0.3) is 6.08 Å². The third kappa shape index (κ3) is 7.58. The highest BCUT2D eigenvalue weighted by Gasteiger charge is 2.21. The van der Waals surface area contributed by atoms with Gasteiger partial charge in [0.15, 0.2) is 0 Å². The average Bonchev–Trinajstić information content (AvgIpc) is 2.92. The van der Waals surface area contributed by atoms with Crippen molar-refractivity contribution in [2.75, 3.05) is 25.3 Å². The van der Waals surface area contributed by atoms with Gasteiger partial charge in [0.2, 0.25) is 11.8 Å². The quantitative estimate of drug-likeness (QED) is 0.123. The van der Waals surface area contributed by atoms with Crippen LogP contribution in [-0.4, -0.2) is 43.2 Å². The molecule has 0 saturated heterocycles. The molecule has 1 unspecified atom stereocenters. The van der Waals surface area contributed by atoms with E-state index in [0.29, 0.717) is 28.4 Å². The molecule has 0 radical (unpaired) electrons. The molecule has 0 aromatic heterocycles. The maximum absolute atomic E-state index is 13.1. The molecule has 0 aliphatic carbocycles. The van der Waals surface area contributed by atoms with Crippen LogP contribution in [0.4, 0.5) is 11.4 Å². The molecular weight excluding hydrogens is 476 g/mol. The molecule has 0 spiro atoms. The standard InChI is InChI=1S/C27H28N4O6/c1-36-22-12-13-24(37-2)19(16-22)7-14-25(32)30-23(15-17-3-8-20(28)9-4-17)27(34)29-21-10-5-18(6-11-21)26(33)31-35/h3-14,16,23,35H,15,28H2,1-2H3,(H,29,34)(H,30,32)(H,31,33)/b14-7+. The van der Waals surface area contributed by atoms with Crippen LogP contribution in [0, 0.1) is 0 Å². The first-order valence-electron chi connectivity index (χ1n) is 11.2. The van der Waals surface area contributed by atoms with E-state index in [9.17, 15) is 14.4 Å². The number of hydrogen-bond donors (Lipinski definition) is 5. The number of nitrogens with two attached hydrogens (primary N) is 1. The summed E-state index contributed by atoms with van der Waals surface area (Å²) < 4.78 is 10.6. The molecule has 0 bridgehead atoms.